The standard InChI is InChI=1S/C28H27ClFN3O2/c1-19-5-4-8-25-26(19)32(28(35)33(25)24-7-3-2-6-23(24)29)18-17-31-15-13-21(14-16-31)27(34)20-9-11-22(30)12-10-20/h2-12,21H,13-18H2,1H3. The van der Waals surface area contributed by atoms with Crippen LogP contribution in [0.25, 0.3) is 16.7 Å². The Labute approximate surface area is 208 Å². The number of Topliss-reactive ketones (excluding diaryl/α,β-unsaturated/α-hetero) is 1. The summed E-state index contributed by atoms with van der Waals surface area (Å²) < 4.78 is 16.7. The summed E-state index contributed by atoms with van der Waals surface area (Å²) in [6.07, 6.45) is 1.51. The number of rotatable bonds is 6. The Hall–Kier alpha value is -3.22. The van der Waals surface area contributed by atoms with Crippen molar-refractivity contribution in [3.63, 3.8) is 0 Å². The highest BCUT2D eigenvalue weighted by Crippen LogP contribution is 2.26. The molecule has 0 radical (unpaired) electrons. The minimum absolute atomic E-state index is 0.0520. The van der Waals surface area contributed by atoms with E-state index < -0.39 is 0 Å². The number of carbonyl (C=O) groups is 1. The highest BCUT2D eigenvalue weighted by molar-refractivity contribution is 6.32. The van der Waals surface area contributed by atoms with Gasteiger partial charge in [-0.1, -0.05) is 35.9 Å². The van der Waals surface area contributed by atoms with Crippen LogP contribution < -0.4 is 5.69 Å². The zero-order valence-electron chi connectivity index (χ0n) is 19.6. The van der Waals surface area contributed by atoms with E-state index in [4.69, 9.17) is 11.6 Å². The van der Waals surface area contributed by atoms with E-state index in [0.29, 0.717) is 29.4 Å². The molecule has 1 fully saturated rings. The summed E-state index contributed by atoms with van der Waals surface area (Å²) in [6.45, 7) is 4.85. The first-order chi connectivity index (χ1) is 16.9. The second-order valence-electron chi connectivity index (χ2n) is 9.15. The van der Waals surface area contributed by atoms with Gasteiger partial charge in [-0.2, -0.15) is 0 Å². The van der Waals surface area contributed by atoms with Crippen molar-refractivity contribution in [1.29, 1.82) is 0 Å². The first-order valence-corrected chi connectivity index (χ1v) is 12.3. The number of aryl methyl sites for hydroxylation is 1. The van der Waals surface area contributed by atoms with E-state index in [9.17, 15) is 14.0 Å². The molecule has 2 heterocycles. The lowest BCUT2D eigenvalue weighted by Gasteiger charge is -2.31. The summed E-state index contributed by atoms with van der Waals surface area (Å²) in [5, 5.41) is 0.531. The van der Waals surface area contributed by atoms with Gasteiger partial charge in [0.25, 0.3) is 0 Å². The number of halogens is 2. The van der Waals surface area contributed by atoms with Gasteiger partial charge in [0.05, 0.1) is 21.7 Å². The predicted molar refractivity (Wildman–Crippen MR) is 137 cm³/mol. The maximum atomic E-state index is 13.6. The first kappa shape index (κ1) is 23.5. The smallest absolute Gasteiger partial charge is 0.302 e. The van der Waals surface area contributed by atoms with Crippen LogP contribution in [0.15, 0.2) is 71.5 Å². The lowest BCUT2D eigenvalue weighted by molar-refractivity contribution is 0.0837. The van der Waals surface area contributed by atoms with Crippen molar-refractivity contribution in [1.82, 2.24) is 14.0 Å². The summed E-state index contributed by atoms with van der Waals surface area (Å²) in [7, 11) is 0. The van der Waals surface area contributed by atoms with Crippen LogP contribution in [-0.4, -0.2) is 39.5 Å². The number of ketones is 1. The molecule has 3 aromatic carbocycles. The minimum atomic E-state index is -0.335. The Bertz CT molecular complexity index is 1430. The quantitative estimate of drug-likeness (QED) is 0.335. The van der Waals surface area contributed by atoms with Gasteiger partial charge in [-0.25, -0.2) is 9.18 Å². The van der Waals surface area contributed by atoms with E-state index in [1.165, 1.54) is 12.1 Å². The van der Waals surface area contributed by atoms with Gasteiger partial charge in [-0.3, -0.25) is 13.9 Å². The Morgan fingerprint density at radius 2 is 1.69 bits per heavy atom. The lowest BCUT2D eigenvalue weighted by atomic mass is 9.89. The second kappa shape index (κ2) is 9.80. The number of hydrogen-bond donors (Lipinski definition) is 0. The summed E-state index contributed by atoms with van der Waals surface area (Å²) in [4.78, 5) is 28.7. The molecule has 0 aliphatic carbocycles. The molecular formula is C28H27ClFN3O2. The molecule has 0 atom stereocenters. The van der Waals surface area contributed by atoms with E-state index >= 15 is 0 Å². The first-order valence-electron chi connectivity index (χ1n) is 11.9. The number of fused-ring (bicyclic) bond motifs is 1. The van der Waals surface area contributed by atoms with E-state index in [2.05, 4.69) is 4.90 Å². The van der Waals surface area contributed by atoms with Crippen LogP contribution in [0.1, 0.15) is 28.8 Å². The van der Waals surface area contributed by atoms with E-state index in [1.54, 1.807) is 22.8 Å². The Morgan fingerprint density at radius 3 is 2.40 bits per heavy atom. The number of carbonyl (C=O) groups excluding carboxylic acids is 1. The predicted octanol–water partition coefficient (Wildman–Crippen LogP) is 5.49. The third-order valence-electron chi connectivity index (χ3n) is 6.97. The number of imidazole rings is 1. The van der Waals surface area contributed by atoms with Crippen molar-refractivity contribution in [3.8, 4) is 5.69 Å². The van der Waals surface area contributed by atoms with Crippen molar-refractivity contribution in [2.75, 3.05) is 19.6 Å². The average Bonchev–Trinajstić information content (AvgIpc) is 3.15. The number of para-hydroxylation sites is 2. The normalized spacial score (nSPS) is 15.1. The monoisotopic (exact) mass is 491 g/mol. The van der Waals surface area contributed by atoms with Crippen LogP contribution in [0.2, 0.25) is 5.02 Å². The van der Waals surface area contributed by atoms with Gasteiger partial charge < -0.3 is 4.90 Å². The maximum Gasteiger partial charge on any atom is 0.333 e. The summed E-state index contributed by atoms with van der Waals surface area (Å²) >= 11 is 6.45. The fourth-order valence-corrected chi connectivity index (χ4v) is 5.30. The number of aromatic nitrogens is 2. The summed E-state index contributed by atoms with van der Waals surface area (Å²) in [5.41, 5.74) is 3.93. The summed E-state index contributed by atoms with van der Waals surface area (Å²) in [5.74, 6) is -0.305. The van der Waals surface area contributed by atoms with Crippen LogP contribution in [0.5, 0.6) is 0 Å². The highest BCUT2D eigenvalue weighted by Gasteiger charge is 2.26. The number of benzene rings is 3. The van der Waals surface area contributed by atoms with Crippen molar-refractivity contribution < 1.29 is 9.18 Å². The summed E-state index contributed by atoms with van der Waals surface area (Å²) in [6, 6.07) is 19.1. The SMILES string of the molecule is Cc1cccc2c1n(CCN1CCC(C(=O)c3ccc(F)cc3)CC1)c(=O)n2-c1ccccc1Cl. The molecule has 1 aliphatic heterocycles. The number of nitrogens with zero attached hydrogens (tertiary/aromatic N) is 3. The molecule has 5 nitrogen and oxygen atoms in total. The molecule has 1 saturated heterocycles. The molecule has 0 unspecified atom stereocenters. The average molecular weight is 492 g/mol. The minimum Gasteiger partial charge on any atom is -0.302 e. The fourth-order valence-electron chi connectivity index (χ4n) is 5.08. The Kier molecular flexibility index (Phi) is 6.58. The molecule has 7 heteroatoms. The molecule has 1 aromatic heterocycles. The number of likely N-dealkylation sites (tertiary alicyclic amines) is 1. The van der Waals surface area contributed by atoms with Gasteiger partial charge in [0.2, 0.25) is 0 Å². The molecule has 0 N–H and O–H groups in total. The molecule has 0 spiro atoms. The molecule has 4 aromatic rings. The van der Waals surface area contributed by atoms with Crippen molar-refractivity contribution in [2.45, 2.75) is 26.3 Å². The lowest BCUT2D eigenvalue weighted by Crippen LogP contribution is -2.39. The van der Waals surface area contributed by atoms with Gasteiger partial charge in [-0.05, 0) is 80.9 Å². The fraction of sp³-hybridized carbons (Fsp3) is 0.286. The largest absolute Gasteiger partial charge is 0.333 e. The van der Waals surface area contributed by atoms with E-state index in [-0.39, 0.29) is 23.2 Å². The zero-order valence-corrected chi connectivity index (χ0v) is 20.3. The third kappa shape index (κ3) is 4.56. The Balaban J connectivity index is 1.33. The van der Waals surface area contributed by atoms with Crippen LogP contribution >= 0.6 is 11.6 Å². The van der Waals surface area contributed by atoms with Crippen LogP contribution in [-0.2, 0) is 6.54 Å². The maximum absolute atomic E-state index is 13.6. The zero-order chi connectivity index (χ0) is 24.5. The van der Waals surface area contributed by atoms with Crippen LogP contribution in [0.3, 0.4) is 0 Å². The molecule has 0 amide bonds. The van der Waals surface area contributed by atoms with Gasteiger partial charge in [0.1, 0.15) is 5.82 Å². The molecule has 5 rings (SSSR count). The number of piperidine rings is 1. The van der Waals surface area contributed by atoms with Crippen LogP contribution in [0.4, 0.5) is 4.39 Å². The van der Waals surface area contributed by atoms with Gasteiger partial charge in [0, 0.05) is 24.6 Å². The third-order valence-corrected chi connectivity index (χ3v) is 7.29. The molecular weight excluding hydrogens is 465 g/mol. The van der Waals surface area contributed by atoms with Gasteiger partial charge in [-0.15, -0.1) is 0 Å². The molecule has 180 valence electrons. The molecule has 0 bridgehead atoms. The molecule has 1 aliphatic rings. The van der Waals surface area contributed by atoms with Crippen molar-refractivity contribution in [3.05, 3.63) is 99.2 Å². The van der Waals surface area contributed by atoms with Gasteiger partial charge in [0.15, 0.2) is 5.78 Å². The Morgan fingerprint density at radius 1 is 0.971 bits per heavy atom. The van der Waals surface area contributed by atoms with Crippen molar-refractivity contribution >= 4 is 28.4 Å². The van der Waals surface area contributed by atoms with Crippen molar-refractivity contribution in [2.24, 2.45) is 5.92 Å². The highest BCUT2D eigenvalue weighted by atomic mass is 35.5. The molecule has 35 heavy (non-hydrogen) atoms. The topological polar surface area (TPSA) is 47.2 Å². The van der Waals surface area contributed by atoms with Gasteiger partial charge >= 0.3 is 5.69 Å². The van der Waals surface area contributed by atoms with E-state index in [0.717, 1.165) is 42.5 Å². The molecule has 0 saturated carbocycles. The second-order valence-corrected chi connectivity index (χ2v) is 9.56. The number of hydrogen-bond acceptors (Lipinski definition) is 3. The van der Waals surface area contributed by atoms with Crippen LogP contribution in [0, 0.1) is 18.7 Å². The van der Waals surface area contributed by atoms with E-state index in [1.807, 2.05) is 47.9 Å².